The molecule has 0 spiro atoms. The third kappa shape index (κ3) is 3.85. The first-order chi connectivity index (χ1) is 13.9. The van der Waals surface area contributed by atoms with Crippen LogP contribution in [0.15, 0.2) is 36.5 Å². The van der Waals surface area contributed by atoms with Crippen LogP contribution in [0, 0.1) is 20.8 Å². The molecular weight excluding hydrogens is 364 g/mol. The van der Waals surface area contributed by atoms with Gasteiger partial charge in [0.05, 0.1) is 11.4 Å². The summed E-state index contributed by atoms with van der Waals surface area (Å²) in [7, 11) is 1.93. The van der Waals surface area contributed by atoms with Crippen LogP contribution in [0.5, 0.6) is 0 Å². The van der Waals surface area contributed by atoms with E-state index in [9.17, 15) is 4.79 Å². The smallest absolute Gasteiger partial charge is 0.242 e. The number of aryl methyl sites for hydroxylation is 3. The standard InChI is InChI=1S/C22H26N6O/c1-15-5-7-18(8-6-15)13-27-11-12-28(14-20(27)29)22-23-10-9-19(24-22)21-16(2)25-26(4)17(21)3/h5-10H,11-14H2,1-4H3. The minimum Gasteiger partial charge on any atom is -0.335 e. The van der Waals surface area contributed by atoms with Crippen LogP contribution in [0.1, 0.15) is 22.5 Å². The van der Waals surface area contributed by atoms with Gasteiger partial charge >= 0.3 is 0 Å². The summed E-state index contributed by atoms with van der Waals surface area (Å²) in [6.07, 6.45) is 1.76. The zero-order chi connectivity index (χ0) is 20.5. The second-order valence-electron chi connectivity index (χ2n) is 7.63. The Labute approximate surface area is 171 Å². The summed E-state index contributed by atoms with van der Waals surface area (Å²) in [5.41, 5.74) is 6.24. The molecule has 0 aliphatic carbocycles. The Bertz CT molecular complexity index is 1040. The summed E-state index contributed by atoms with van der Waals surface area (Å²) in [4.78, 5) is 25.8. The number of rotatable bonds is 4. The van der Waals surface area contributed by atoms with Crippen LogP contribution in [-0.4, -0.2) is 50.2 Å². The molecule has 7 heteroatoms. The average molecular weight is 390 g/mol. The topological polar surface area (TPSA) is 67.2 Å². The minimum absolute atomic E-state index is 0.0968. The van der Waals surface area contributed by atoms with E-state index in [2.05, 4.69) is 41.3 Å². The number of nitrogens with zero attached hydrogens (tertiary/aromatic N) is 6. The molecule has 150 valence electrons. The van der Waals surface area contributed by atoms with Crippen molar-refractivity contribution in [1.29, 1.82) is 0 Å². The maximum Gasteiger partial charge on any atom is 0.242 e. The summed E-state index contributed by atoms with van der Waals surface area (Å²) in [6.45, 7) is 8.39. The number of hydrogen-bond donors (Lipinski definition) is 0. The monoisotopic (exact) mass is 390 g/mol. The zero-order valence-corrected chi connectivity index (χ0v) is 17.4. The van der Waals surface area contributed by atoms with Gasteiger partial charge in [0, 0.05) is 44.1 Å². The molecule has 3 heterocycles. The van der Waals surface area contributed by atoms with Gasteiger partial charge in [0.15, 0.2) is 0 Å². The Morgan fingerprint density at radius 2 is 1.79 bits per heavy atom. The van der Waals surface area contributed by atoms with E-state index in [-0.39, 0.29) is 5.91 Å². The van der Waals surface area contributed by atoms with Crippen LogP contribution in [0.3, 0.4) is 0 Å². The molecule has 1 amide bonds. The Hall–Kier alpha value is -3.22. The SMILES string of the molecule is Cc1ccc(CN2CCN(c3nccc(-c4c(C)nn(C)c4C)n3)CC2=O)cc1. The maximum absolute atomic E-state index is 12.7. The van der Waals surface area contributed by atoms with Crippen molar-refractivity contribution in [3.63, 3.8) is 0 Å². The van der Waals surface area contributed by atoms with Crippen LogP contribution in [0.25, 0.3) is 11.3 Å². The van der Waals surface area contributed by atoms with Crippen molar-refractivity contribution in [1.82, 2.24) is 24.6 Å². The second kappa shape index (κ2) is 7.66. The van der Waals surface area contributed by atoms with Crippen molar-refractivity contribution in [2.24, 2.45) is 7.05 Å². The predicted octanol–water partition coefficient (Wildman–Crippen LogP) is 2.65. The van der Waals surface area contributed by atoms with Crippen molar-refractivity contribution in [3.05, 3.63) is 59.0 Å². The van der Waals surface area contributed by atoms with Crippen LogP contribution in [0.2, 0.25) is 0 Å². The molecule has 0 bridgehead atoms. The normalized spacial score (nSPS) is 14.6. The second-order valence-corrected chi connectivity index (χ2v) is 7.63. The first kappa shape index (κ1) is 19.1. The lowest BCUT2D eigenvalue weighted by Crippen LogP contribution is -2.50. The summed E-state index contributed by atoms with van der Waals surface area (Å²) in [5, 5.41) is 4.48. The van der Waals surface area contributed by atoms with Gasteiger partial charge in [-0.15, -0.1) is 0 Å². The maximum atomic E-state index is 12.7. The van der Waals surface area contributed by atoms with Crippen LogP contribution < -0.4 is 4.90 Å². The molecular formula is C22H26N6O. The van der Waals surface area contributed by atoms with E-state index >= 15 is 0 Å². The molecule has 1 saturated heterocycles. The van der Waals surface area contributed by atoms with Crippen molar-refractivity contribution in [2.75, 3.05) is 24.5 Å². The fraction of sp³-hybridized carbons (Fsp3) is 0.364. The molecule has 0 N–H and O–H groups in total. The summed E-state index contributed by atoms with van der Waals surface area (Å²) < 4.78 is 1.86. The Kier molecular flexibility index (Phi) is 5.05. The first-order valence-electron chi connectivity index (χ1n) is 9.84. The van der Waals surface area contributed by atoms with Gasteiger partial charge in [-0.3, -0.25) is 9.48 Å². The molecule has 0 atom stereocenters. The Balaban J connectivity index is 1.49. The molecule has 2 aromatic heterocycles. The molecule has 1 aliphatic heterocycles. The van der Waals surface area contributed by atoms with Crippen LogP contribution in [-0.2, 0) is 18.4 Å². The van der Waals surface area contributed by atoms with Gasteiger partial charge in [-0.25, -0.2) is 9.97 Å². The Morgan fingerprint density at radius 1 is 1.03 bits per heavy atom. The van der Waals surface area contributed by atoms with Gasteiger partial charge < -0.3 is 9.80 Å². The molecule has 7 nitrogen and oxygen atoms in total. The molecule has 1 aliphatic rings. The van der Waals surface area contributed by atoms with E-state index in [4.69, 9.17) is 4.98 Å². The van der Waals surface area contributed by atoms with E-state index < -0.39 is 0 Å². The predicted molar refractivity (Wildman–Crippen MR) is 113 cm³/mol. The van der Waals surface area contributed by atoms with Crippen LogP contribution in [0.4, 0.5) is 5.95 Å². The first-order valence-corrected chi connectivity index (χ1v) is 9.84. The van der Waals surface area contributed by atoms with Crippen molar-refractivity contribution in [2.45, 2.75) is 27.3 Å². The van der Waals surface area contributed by atoms with E-state index in [0.717, 1.165) is 28.2 Å². The van der Waals surface area contributed by atoms with Crippen molar-refractivity contribution >= 4 is 11.9 Å². The molecule has 0 radical (unpaired) electrons. The van der Waals surface area contributed by atoms with Gasteiger partial charge in [-0.2, -0.15) is 5.10 Å². The zero-order valence-electron chi connectivity index (χ0n) is 17.4. The van der Waals surface area contributed by atoms with Gasteiger partial charge in [-0.1, -0.05) is 29.8 Å². The highest BCUT2D eigenvalue weighted by molar-refractivity contribution is 5.82. The summed E-state index contributed by atoms with van der Waals surface area (Å²) in [6, 6.07) is 10.2. The molecule has 4 rings (SSSR count). The van der Waals surface area contributed by atoms with Crippen LogP contribution >= 0.6 is 0 Å². The number of carbonyl (C=O) groups excluding carboxylic acids is 1. The number of amides is 1. The molecule has 1 aromatic carbocycles. The Morgan fingerprint density at radius 3 is 2.45 bits per heavy atom. The number of aromatic nitrogens is 4. The van der Waals surface area contributed by atoms with Crippen molar-refractivity contribution < 1.29 is 4.79 Å². The summed E-state index contributed by atoms with van der Waals surface area (Å²) >= 11 is 0. The van der Waals surface area contributed by atoms with Gasteiger partial charge in [0.25, 0.3) is 0 Å². The third-order valence-electron chi connectivity index (χ3n) is 5.50. The lowest BCUT2D eigenvalue weighted by Gasteiger charge is -2.34. The van der Waals surface area contributed by atoms with E-state index in [1.54, 1.807) is 6.20 Å². The number of carbonyl (C=O) groups is 1. The highest BCUT2D eigenvalue weighted by Gasteiger charge is 2.26. The molecule has 0 saturated carbocycles. The van der Waals surface area contributed by atoms with Gasteiger partial charge in [-0.05, 0) is 32.4 Å². The van der Waals surface area contributed by atoms with Gasteiger partial charge in [0.2, 0.25) is 11.9 Å². The highest BCUT2D eigenvalue weighted by atomic mass is 16.2. The van der Waals surface area contributed by atoms with E-state index in [1.165, 1.54) is 5.56 Å². The molecule has 0 unspecified atom stereocenters. The molecule has 29 heavy (non-hydrogen) atoms. The quantitative estimate of drug-likeness (QED) is 0.685. The van der Waals surface area contributed by atoms with Crippen molar-refractivity contribution in [3.8, 4) is 11.3 Å². The highest BCUT2D eigenvalue weighted by Crippen LogP contribution is 2.26. The fourth-order valence-electron chi connectivity index (χ4n) is 3.74. The van der Waals surface area contributed by atoms with Gasteiger partial charge in [0.1, 0.15) is 6.54 Å². The third-order valence-corrected chi connectivity index (χ3v) is 5.50. The molecule has 3 aromatic rings. The number of hydrogen-bond acceptors (Lipinski definition) is 5. The minimum atomic E-state index is 0.0968. The average Bonchev–Trinajstić information content (AvgIpc) is 2.97. The number of anilines is 1. The number of benzene rings is 1. The summed E-state index contributed by atoms with van der Waals surface area (Å²) in [5.74, 6) is 0.688. The lowest BCUT2D eigenvalue weighted by atomic mass is 10.1. The van der Waals surface area contributed by atoms with E-state index in [1.807, 2.05) is 41.4 Å². The largest absolute Gasteiger partial charge is 0.335 e. The fourth-order valence-corrected chi connectivity index (χ4v) is 3.74. The number of piperazine rings is 1. The van der Waals surface area contributed by atoms with E-state index in [0.29, 0.717) is 32.1 Å². The lowest BCUT2D eigenvalue weighted by molar-refractivity contribution is -0.131. The molecule has 1 fully saturated rings.